The highest BCUT2D eigenvalue weighted by Gasteiger charge is 2.11. The molecule has 0 fully saturated rings. The molecule has 0 aliphatic heterocycles. The zero-order valence-corrected chi connectivity index (χ0v) is 10.1. The average Bonchev–Trinajstić information content (AvgIpc) is 2.36. The fourth-order valence-electron chi connectivity index (χ4n) is 1.20. The number of carboxylic acid groups (broad SMARTS) is 1. The molecular weight excluding hydrogens is 252 g/mol. The van der Waals surface area contributed by atoms with Crippen molar-refractivity contribution >= 4 is 23.6 Å². The van der Waals surface area contributed by atoms with Gasteiger partial charge >= 0.3 is 5.97 Å². The van der Waals surface area contributed by atoms with Crippen molar-refractivity contribution in [3.05, 3.63) is 46.0 Å². The molecule has 1 aromatic rings. The molecule has 0 radical (unpaired) electrons. The number of rotatable bonds is 5. The molecule has 7 heteroatoms. The van der Waals surface area contributed by atoms with Crippen molar-refractivity contribution < 1.29 is 19.6 Å². The van der Waals surface area contributed by atoms with Gasteiger partial charge in [-0.05, 0) is 30.7 Å². The summed E-state index contributed by atoms with van der Waals surface area (Å²) in [7, 11) is 0. The summed E-state index contributed by atoms with van der Waals surface area (Å²) in [5.41, 5.74) is 0.560. The van der Waals surface area contributed by atoms with Crippen molar-refractivity contribution in [2.75, 3.05) is 0 Å². The first-order chi connectivity index (χ1) is 8.90. The predicted molar refractivity (Wildman–Crippen MR) is 67.4 cm³/mol. The fourth-order valence-corrected chi connectivity index (χ4v) is 1.20. The Kier molecular flexibility index (Phi) is 4.76. The van der Waals surface area contributed by atoms with Crippen molar-refractivity contribution in [3.63, 3.8) is 0 Å². The van der Waals surface area contributed by atoms with E-state index in [1.54, 1.807) is 0 Å². The van der Waals surface area contributed by atoms with Gasteiger partial charge in [-0.1, -0.05) is 0 Å². The number of nitro benzene ring substituents is 1. The van der Waals surface area contributed by atoms with Crippen LogP contribution in [0.25, 0.3) is 6.08 Å². The topological polar surface area (TPSA) is 110 Å². The predicted octanol–water partition coefficient (Wildman–Crippen LogP) is 1.20. The van der Waals surface area contributed by atoms with E-state index in [4.69, 9.17) is 5.11 Å². The van der Waals surface area contributed by atoms with Crippen LogP contribution in [0.1, 0.15) is 12.5 Å². The highest BCUT2D eigenvalue weighted by atomic mass is 16.6. The number of hydrogen-bond acceptors (Lipinski definition) is 4. The van der Waals surface area contributed by atoms with Crippen LogP contribution in [-0.4, -0.2) is 27.9 Å². The highest BCUT2D eigenvalue weighted by Crippen LogP contribution is 2.12. The molecule has 1 atom stereocenters. The molecule has 0 bridgehead atoms. The quantitative estimate of drug-likeness (QED) is 0.471. The zero-order valence-electron chi connectivity index (χ0n) is 10.1. The van der Waals surface area contributed by atoms with E-state index < -0.39 is 22.8 Å². The number of non-ortho nitro benzene ring substituents is 1. The standard InChI is InChI=1S/C12H12N2O5/c1-8(12(16)17)13-11(15)7-4-9-2-5-10(6-3-9)14(18)19/h2-8H,1H3,(H,13,15)(H,16,17)/b7-4+/t8-/m0/s1. The minimum absolute atomic E-state index is 0.0406. The van der Waals surface area contributed by atoms with Crippen LogP contribution in [-0.2, 0) is 9.59 Å². The summed E-state index contributed by atoms with van der Waals surface area (Å²) >= 11 is 0. The van der Waals surface area contributed by atoms with E-state index in [-0.39, 0.29) is 5.69 Å². The van der Waals surface area contributed by atoms with Gasteiger partial charge in [-0.3, -0.25) is 19.7 Å². The van der Waals surface area contributed by atoms with Crippen LogP contribution < -0.4 is 5.32 Å². The Hall–Kier alpha value is -2.70. The summed E-state index contributed by atoms with van der Waals surface area (Å²) in [6.07, 6.45) is 2.61. The highest BCUT2D eigenvalue weighted by molar-refractivity contribution is 5.94. The minimum Gasteiger partial charge on any atom is -0.480 e. The Labute approximate surface area is 108 Å². The van der Waals surface area contributed by atoms with E-state index in [9.17, 15) is 19.7 Å². The van der Waals surface area contributed by atoms with Crippen LogP contribution >= 0.6 is 0 Å². The summed E-state index contributed by atoms with van der Waals surface area (Å²) < 4.78 is 0. The first kappa shape index (κ1) is 14.4. The molecule has 1 amide bonds. The maximum Gasteiger partial charge on any atom is 0.325 e. The number of hydrogen-bond donors (Lipinski definition) is 2. The molecule has 100 valence electrons. The number of nitro groups is 1. The van der Waals surface area contributed by atoms with Gasteiger partial charge < -0.3 is 10.4 Å². The third-order valence-corrected chi connectivity index (χ3v) is 2.26. The number of carbonyl (C=O) groups excluding carboxylic acids is 1. The van der Waals surface area contributed by atoms with Gasteiger partial charge in [0.05, 0.1) is 4.92 Å². The summed E-state index contributed by atoms with van der Waals surface area (Å²) in [5.74, 6) is -1.68. The third-order valence-electron chi connectivity index (χ3n) is 2.26. The van der Waals surface area contributed by atoms with Crippen LogP contribution in [0.15, 0.2) is 30.3 Å². The zero-order chi connectivity index (χ0) is 14.4. The van der Waals surface area contributed by atoms with Gasteiger partial charge in [-0.2, -0.15) is 0 Å². The maximum absolute atomic E-state index is 11.3. The molecule has 1 rings (SSSR count). The van der Waals surface area contributed by atoms with Gasteiger partial charge in [0.1, 0.15) is 6.04 Å². The number of benzene rings is 1. The molecule has 0 saturated heterocycles. The number of aliphatic carboxylic acids is 1. The Morgan fingerprint density at radius 2 is 1.95 bits per heavy atom. The van der Waals surface area contributed by atoms with Crippen molar-refractivity contribution in [1.29, 1.82) is 0 Å². The molecular formula is C12H12N2O5. The summed E-state index contributed by atoms with van der Waals surface area (Å²) in [5, 5.41) is 21.3. The second-order valence-electron chi connectivity index (χ2n) is 3.75. The monoisotopic (exact) mass is 264 g/mol. The van der Waals surface area contributed by atoms with Crippen molar-refractivity contribution in [2.45, 2.75) is 13.0 Å². The van der Waals surface area contributed by atoms with Gasteiger partial charge in [0.25, 0.3) is 5.69 Å². The summed E-state index contributed by atoms with van der Waals surface area (Å²) in [6.45, 7) is 1.35. The van der Waals surface area contributed by atoms with Crippen molar-refractivity contribution in [3.8, 4) is 0 Å². The molecule has 0 aliphatic rings. The van der Waals surface area contributed by atoms with Crippen LogP contribution in [0.4, 0.5) is 5.69 Å². The van der Waals surface area contributed by atoms with Crippen LogP contribution in [0.2, 0.25) is 0 Å². The Morgan fingerprint density at radius 3 is 2.42 bits per heavy atom. The van der Waals surface area contributed by atoms with Crippen LogP contribution in [0.5, 0.6) is 0 Å². The van der Waals surface area contributed by atoms with E-state index in [0.717, 1.165) is 0 Å². The molecule has 7 nitrogen and oxygen atoms in total. The Balaban J connectivity index is 2.63. The average molecular weight is 264 g/mol. The lowest BCUT2D eigenvalue weighted by Crippen LogP contribution is -2.37. The van der Waals surface area contributed by atoms with Gasteiger partial charge in [-0.15, -0.1) is 0 Å². The first-order valence-electron chi connectivity index (χ1n) is 5.36. The first-order valence-corrected chi connectivity index (χ1v) is 5.36. The van der Waals surface area contributed by atoms with Crippen molar-refractivity contribution in [1.82, 2.24) is 5.32 Å². The van der Waals surface area contributed by atoms with Gasteiger partial charge in [0, 0.05) is 18.2 Å². The molecule has 0 heterocycles. The normalized spacial score (nSPS) is 12.1. The second-order valence-corrected chi connectivity index (χ2v) is 3.75. The molecule has 2 N–H and O–H groups in total. The Morgan fingerprint density at radius 1 is 1.37 bits per heavy atom. The van der Waals surface area contributed by atoms with E-state index >= 15 is 0 Å². The van der Waals surface area contributed by atoms with Crippen molar-refractivity contribution in [2.24, 2.45) is 0 Å². The lowest BCUT2D eigenvalue weighted by molar-refractivity contribution is -0.384. The second kappa shape index (κ2) is 6.29. The number of carbonyl (C=O) groups is 2. The molecule has 0 saturated carbocycles. The lowest BCUT2D eigenvalue weighted by atomic mass is 10.2. The van der Waals surface area contributed by atoms with Crippen LogP contribution in [0.3, 0.4) is 0 Å². The van der Waals surface area contributed by atoms with Crippen LogP contribution in [0, 0.1) is 10.1 Å². The van der Waals surface area contributed by atoms with Gasteiger partial charge in [-0.25, -0.2) is 0 Å². The van der Waals surface area contributed by atoms with E-state index in [0.29, 0.717) is 5.56 Å². The van der Waals surface area contributed by atoms with E-state index in [2.05, 4.69) is 5.32 Å². The molecule has 0 aromatic heterocycles. The number of nitrogens with zero attached hydrogens (tertiary/aromatic N) is 1. The molecule has 0 spiro atoms. The number of amides is 1. The molecule has 19 heavy (non-hydrogen) atoms. The third kappa shape index (κ3) is 4.58. The largest absolute Gasteiger partial charge is 0.480 e. The maximum atomic E-state index is 11.3. The molecule has 1 aromatic carbocycles. The summed E-state index contributed by atoms with van der Waals surface area (Å²) in [4.78, 5) is 31.8. The lowest BCUT2D eigenvalue weighted by Gasteiger charge is -2.05. The Bertz CT molecular complexity index is 521. The SMILES string of the molecule is C[C@H](NC(=O)/C=C/c1ccc([N+](=O)[O-])cc1)C(=O)O. The smallest absolute Gasteiger partial charge is 0.325 e. The fraction of sp³-hybridized carbons (Fsp3) is 0.167. The van der Waals surface area contributed by atoms with E-state index in [1.807, 2.05) is 0 Å². The molecule has 0 aliphatic carbocycles. The van der Waals surface area contributed by atoms with E-state index in [1.165, 1.54) is 43.3 Å². The minimum atomic E-state index is -1.13. The summed E-state index contributed by atoms with van der Waals surface area (Å²) in [6, 6.07) is 4.63. The molecule has 0 unspecified atom stereocenters. The van der Waals surface area contributed by atoms with Gasteiger partial charge in [0.15, 0.2) is 0 Å². The number of carboxylic acids is 1. The number of nitrogens with one attached hydrogen (secondary N) is 1. The van der Waals surface area contributed by atoms with Gasteiger partial charge in [0.2, 0.25) is 5.91 Å².